The number of nitrogens with one attached hydrogen (secondary N) is 1. The van der Waals surface area contributed by atoms with Crippen molar-refractivity contribution < 1.29 is 5.11 Å². The zero-order valence-electron chi connectivity index (χ0n) is 8.86. The van der Waals surface area contributed by atoms with Crippen molar-refractivity contribution in [2.24, 2.45) is 0 Å². The number of hydrogen-bond donors (Lipinski definition) is 2. The second kappa shape index (κ2) is 4.48. The second-order valence-corrected chi connectivity index (χ2v) is 3.95. The van der Waals surface area contributed by atoms with Crippen LogP contribution in [0.2, 0.25) is 0 Å². The van der Waals surface area contributed by atoms with E-state index in [-0.39, 0.29) is 5.54 Å². The summed E-state index contributed by atoms with van der Waals surface area (Å²) >= 11 is 0. The number of aliphatic hydroxyl groups is 1. The molecule has 78 valence electrons. The van der Waals surface area contributed by atoms with Crippen LogP contribution in [0.25, 0.3) is 0 Å². The second-order valence-electron chi connectivity index (χ2n) is 3.95. The first-order chi connectivity index (χ1) is 6.52. The van der Waals surface area contributed by atoms with Gasteiger partial charge in [-0.25, -0.2) is 0 Å². The first-order valence-corrected chi connectivity index (χ1v) is 4.70. The van der Waals surface area contributed by atoms with Crippen molar-refractivity contribution in [3.63, 3.8) is 0 Å². The van der Waals surface area contributed by atoms with Gasteiger partial charge in [0.25, 0.3) is 0 Å². The van der Waals surface area contributed by atoms with E-state index in [1.54, 1.807) is 25.5 Å². The number of rotatable bonds is 4. The Labute approximate surface area is 84.4 Å². The summed E-state index contributed by atoms with van der Waals surface area (Å²) in [4.78, 5) is 8.10. The fourth-order valence-corrected chi connectivity index (χ4v) is 0.887. The molecule has 2 N–H and O–H groups in total. The molecule has 0 saturated heterocycles. The molecule has 1 atom stereocenters. The van der Waals surface area contributed by atoms with E-state index in [1.165, 1.54) is 0 Å². The van der Waals surface area contributed by atoms with Gasteiger partial charge in [-0.15, -0.1) is 0 Å². The standard InChI is InChI=1S/C10H17N3O/c1-8(14)10(2,3)13-7-9-6-11-4-5-12-9/h4-6,8,13-14H,7H2,1-3H3. The molecule has 0 aromatic carbocycles. The molecule has 0 fully saturated rings. The van der Waals surface area contributed by atoms with Crippen LogP contribution in [-0.2, 0) is 6.54 Å². The maximum absolute atomic E-state index is 9.46. The number of aliphatic hydroxyl groups excluding tert-OH is 1. The summed E-state index contributed by atoms with van der Waals surface area (Å²) in [6.07, 6.45) is 4.61. The third-order valence-corrected chi connectivity index (χ3v) is 2.39. The summed E-state index contributed by atoms with van der Waals surface area (Å²) in [6.45, 7) is 6.29. The Morgan fingerprint density at radius 1 is 1.50 bits per heavy atom. The average Bonchev–Trinajstić information content (AvgIpc) is 2.16. The summed E-state index contributed by atoms with van der Waals surface area (Å²) in [5, 5.41) is 12.7. The minimum absolute atomic E-state index is 0.308. The van der Waals surface area contributed by atoms with E-state index in [9.17, 15) is 5.11 Å². The van der Waals surface area contributed by atoms with Gasteiger partial charge in [-0.05, 0) is 20.8 Å². The van der Waals surface area contributed by atoms with Gasteiger partial charge in [0.2, 0.25) is 0 Å². The third kappa shape index (κ3) is 3.05. The quantitative estimate of drug-likeness (QED) is 0.743. The fraction of sp³-hybridized carbons (Fsp3) is 0.600. The lowest BCUT2D eigenvalue weighted by Gasteiger charge is -2.29. The fourth-order valence-electron chi connectivity index (χ4n) is 0.887. The van der Waals surface area contributed by atoms with Crippen molar-refractivity contribution in [1.82, 2.24) is 15.3 Å². The van der Waals surface area contributed by atoms with Gasteiger partial charge >= 0.3 is 0 Å². The Hall–Kier alpha value is -1.00. The topological polar surface area (TPSA) is 58.0 Å². The molecule has 0 aliphatic heterocycles. The Morgan fingerprint density at radius 3 is 2.71 bits per heavy atom. The van der Waals surface area contributed by atoms with Crippen molar-refractivity contribution in [1.29, 1.82) is 0 Å². The van der Waals surface area contributed by atoms with Gasteiger partial charge in [0.05, 0.1) is 11.8 Å². The van der Waals surface area contributed by atoms with Crippen molar-refractivity contribution in [2.75, 3.05) is 0 Å². The highest BCUT2D eigenvalue weighted by atomic mass is 16.3. The van der Waals surface area contributed by atoms with Gasteiger partial charge in [0, 0.05) is 30.7 Å². The molecule has 0 aliphatic rings. The molecule has 4 nitrogen and oxygen atoms in total. The highest BCUT2D eigenvalue weighted by Gasteiger charge is 2.22. The summed E-state index contributed by atoms with van der Waals surface area (Å²) in [6, 6.07) is 0. The SMILES string of the molecule is CC(O)C(C)(C)NCc1cnccn1. The zero-order chi connectivity index (χ0) is 10.6. The van der Waals surface area contributed by atoms with Gasteiger partial charge in [-0.2, -0.15) is 0 Å². The normalized spacial score (nSPS) is 14.0. The molecule has 0 spiro atoms. The van der Waals surface area contributed by atoms with Crippen molar-refractivity contribution in [3.8, 4) is 0 Å². The maximum Gasteiger partial charge on any atom is 0.0724 e. The molecule has 1 rings (SSSR count). The molecule has 0 bridgehead atoms. The van der Waals surface area contributed by atoms with Gasteiger partial charge in [0.15, 0.2) is 0 Å². The van der Waals surface area contributed by atoms with Crippen LogP contribution < -0.4 is 5.32 Å². The maximum atomic E-state index is 9.46. The number of aromatic nitrogens is 2. The Morgan fingerprint density at radius 2 is 2.21 bits per heavy atom. The third-order valence-electron chi connectivity index (χ3n) is 2.39. The molecule has 1 aromatic rings. The van der Waals surface area contributed by atoms with E-state index < -0.39 is 6.10 Å². The van der Waals surface area contributed by atoms with Crippen molar-refractivity contribution in [2.45, 2.75) is 39.0 Å². The van der Waals surface area contributed by atoms with Gasteiger partial charge in [-0.3, -0.25) is 9.97 Å². The number of nitrogens with zero attached hydrogens (tertiary/aromatic N) is 2. The summed E-state index contributed by atoms with van der Waals surface area (Å²) in [7, 11) is 0. The van der Waals surface area contributed by atoms with Gasteiger partial charge in [0.1, 0.15) is 0 Å². The average molecular weight is 195 g/mol. The minimum atomic E-state index is -0.404. The molecule has 0 radical (unpaired) electrons. The van der Waals surface area contributed by atoms with E-state index in [1.807, 2.05) is 13.8 Å². The zero-order valence-corrected chi connectivity index (χ0v) is 8.86. The first kappa shape index (κ1) is 11.1. The van der Waals surface area contributed by atoms with Crippen LogP contribution in [0.3, 0.4) is 0 Å². The van der Waals surface area contributed by atoms with E-state index >= 15 is 0 Å². The van der Waals surface area contributed by atoms with Crippen LogP contribution in [0.4, 0.5) is 0 Å². The molecular weight excluding hydrogens is 178 g/mol. The van der Waals surface area contributed by atoms with Crippen LogP contribution in [-0.4, -0.2) is 26.7 Å². The summed E-state index contributed by atoms with van der Waals surface area (Å²) in [5.74, 6) is 0. The molecule has 1 heterocycles. The Bertz CT molecular complexity index is 272. The predicted molar refractivity (Wildman–Crippen MR) is 54.6 cm³/mol. The minimum Gasteiger partial charge on any atom is -0.392 e. The summed E-state index contributed by atoms with van der Waals surface area (Å²) in [5.41, 5.74) is 0.568. The van der Waals surface area contributed by atoms with Crippen molar-refractivity contribution in [3.05, 3.63) is 24.3 Å². The first-order valence-electron chi connectivity index (χ1n) is 4.70. The van der Waals surface area contributed by atoms with E-state index in [0.717, 1.165) is 5.69 Å². The predicted octanol–water partition coefficient (Wildman–Crippen LogP) is 0.726. The van der Waals surface area contributed by atoms with Gasteiger partial charge in [-0.1, -0.05) is 0 Å². The van der Waals surface area contributed by atoms with Gasteiger partial charge < -0.3 is 10.4 Å². The largest absolute Gasteiger partial charge is 0.392 e. The van der Waals surface area contributed by atoms with Crippen LogP contribution >= 0.6 is 0 Å². The van der Waals surface area contributed by atoms with Crippen LogP contribution in [0.1, 0.15) is 26.5 Å². The van der Waals surface area contributed by atoms with E-state index in [0.29, 0.717) is 6.54 Å². The monoisotopic (exact) mass is 195 g/mol. The molecular formula is C10H17N3O. The molecule has 0 saturated carbocycles. The lowest BCUT2D eigenvalue weighted by atomic mass is 9.99. The molecule has 1 aromatic heterocycles. The van der Waals surface area contributed by atoms with Crippen LogP contribution in [0, 0.1) is 0 Å². The molecule has 0 amide bonds. The molecule has 14 heavy (non-hydrogen) atoms. The lowest BCUT2D eigenvalue weighted by Crippen LogP contribution is -2.47. The highest BCUT2D eigenvalue weighted by molar-refractivity contribution is 4.96. The molecule has 4 heteroatoms. The molecule has 0 aliphatic carbocycles. The Balaban J connectivity index is 2.49. The summed E-state index contributed by atoms with van der Waals surface area (Å²) < 4.78 is 0. The smallest absolute Gasteiger partial charge is 0.0724 e. The van der Waals surface area contributed by atoms with E-state index in [2.05, 4.69) is 15.3 Å². The van der Waals surface area contributed by atoms with E-state index in [4.69, 9.17) is 0 Å². The lowest BCUT2D eigenvalue weighted by molar-refractivity contribution is 0.0954. The van der Waals surface area contributed by atoms with Crippen LogP contribution in [0.5, 0.6) is 0 Å². The Kier molecular flexibility index (Phi) is 3.55. The highest BCUT2D eigenvalue weighted by Crippen LogP contribution is 2.08. The molecule has 1 unspecified atom stereocenters. The van der Waals surface area contributed by atoms with Crippen LogP contribution in [0.15, 0.2) is 18.6 Å². The number of hydrogen-bond acceptors (Lipinski definition) is 4. The van der Waals surface area contributed by atoms with Crippen molar-refractivity contribution >= 4 is 0 Å².